The summed E-state index contributed by atoms with van der Waals surface area (Å²) in [5.41, 5.74) is 2.15. The van der Waals surface area contributed by atoms with Crippen LogP contribution in [0.5, 0.6) is 0 Å². The third kappa shape index (κ3) is 4.36. The van der Waals surface area contributed by atoms with Crippen LogP contribution in [0.4, 0.5) is 5.69 Å². The van der Waals surface area contributed by atoms with E-state index in [1.807, 2.05) is 20.8 Å². The topological polar surface area (TPSA) is 99.2 Å². The molecule has 0 spiro atoms. The number of anilines is 1. The van der Waals surface area contributed by atoms with Crippen LogP contribution in [0.15, 0.2) is 33.7 Å². The van der Waals surface area contributed by atoms with Crippen LogP contribution in [0.1, 0.15) is 32.1 Å². The predicted octanol–water partition coefficient (Wildman–Crippen LogP) is 2.70. The first-order valence-corrected chi connectivity index (χ1v) is 10.0. The third-order valence-corrected chi connectivity index (χ3v) is 4.96. The molecule has 3 aromatic rings. The molecule has 158 valence electrons. The number of hydrogen-bond donors (Lipinski definition) is 0. The summed E-state index contributed by atoms with van der Waals surface area (Å²) in [7, 11) is 0. The molecule has 0 aliphatic carbocycles. The fourth-order valence-electron chi connectivity index (χ4n) is 3.31. The van der Waals surface area contributed by atoms with E-state index in [0.717, 1.165) is 24.3 Å². The first-order valence-electron chi connectivity index (χ1n) is 9.64. The third-order valence-electron chi connectivity index (χ3n) is 4.76. The normalized spacial score (nSPS) is 14.8. The van der Waals surface area contributed by atoms with E-state index in [-0.39, 0.29) is 29.0 Å². The molecule has 10 heteroatoms. The van der Waals surface area contributed by atoms with Crippen molar-refractivity contribution in [2.24, 2.45) is 0 Å². The largest absolute Gasteiger partial charge is 0.369 e. The molecular weight excluding hydrogens is 408 g/mol. The summed E-state index contributed by atoms with van der Waals surface area (Å²) < 4.78 is 12.6. The molecule has 0 atom stereocenters. The molecule has 0 saturated carbocycles. The smallest absolute Gasteiger partial charge is 0.269 e. The van der Waals surface area contributed by atoms with Gasteiger partial charge in [0, 0.05) is 24.7 Å². The van der Waals surface area contributed by atoms with Crippen molar-refractivity contribution < 1.29 is 9.26 Å². The van der Waals surface area contributed by atoms with Gasteiger partial charge in [-0.3, -0.25) is 4.79 Å². The Kier molecular flexibility index (Phi) is 5.33. The van der Waals surface area contributed by atoms with Crippen molar-refractivity contribution in [3.05, 3.63) is 51.2 Å². The molecule has 4 heterocycles. The second kappa shape index (κ2) is 7.81. The Hall–Kier alpha value is -2.78. The first kappa shape index (κ1) is 20.5. The first-order chi connectivity index (χ1) is 14.2. The van der Waals surface area contributed by atoms with Gasteiger partial charge >= 0.3 is 0 Å². The van der Waals surface area contributed by atoms with Crippen LogP contribution in [0, 0.1) is 6.92 Å². The van der Waals surface area contributed by atoms with Crippen molar-refractivity contribution in [1.29, 1.82) is 0 Å². The van der Waals surface area contributed by atoms with Gasteiger partial charge in [-0.15, -0.1) is 10.2 Å². The fraction of sp³-hybridized carbons (Fsp3) is 0.450. The van der Waals surface area contributed by atoms with E-state index in [2.05, 4.69) is 25.4 Å². The van der Waals surface area contributed by atoms with Gasteiger partial charge in [0.25, 0.3) is 5.56 Å². The van der Waals surface area contributed by atoms with Crippen LogP contribution in [-0.2, 0) is 11.3 Å². The quantitative estimate of drug-likeness (QED) is 0.609. The minimum atomic E-state index is -0.207. The van der Waals surface area contributed by atoms with Gasteiger partial charge in [-0.1, -0.05) is 16.8 Å². The van der Waals surface area contributed by atoms with E-state index in [0.29, 0.717) is 17.1 Å². The molecule has 1 aliphatic heterocycles. The maximum atomic E-state index is 12.7. The van der Waals surface area contributed by atoms with Crippen molar-refractivity contribution in [1.82, 2.24) is 25.1 Å². The highest BCUT2D eigenvalue weighted by Crippen LogP contribution is 2.26. The van der Waals surface area contributed by atoms with Gasteiger partial charge in [0.1, 0.15) is 17.1 Å². The molecule has 9 nitrogen and oxygen atoms in total. The molecule has 30 heavy (non-hydrogen) atoms. The van der Waals surface area contributed by atoms with Gasteiger partial charge in [-0.05, 0) is 39.8 Å². The van der Waals surface area contributed by atoms with Crippen molar-refractivity contribution in [3.8, 4) is 11.4 Å². The molecule has 0 N–H and O–H groups in total. The van der Waals surface area contributed by atoms with Crippen LogP contribution in [0.25, 0.3) is 11.4 Å². The number of aryl methyl sites for hydroxylation is 1. The lowest BCUT2D eigenvalue weighted by Gasteiger charge is -2.43. The number of halogens is 1. The summed E-state index contributed by atoms with van der Waals surface area (Å²) in [5, 5.41) is 16.6. The Morgan fingerprint density at radius 1 is 1.27 bits per heavy atom. The highest BCUT2D eigenvalue weighted by molar-refractivity contribution is 6.29. The number of hydrogen-bond acceptors (Lipinski definition) is 8. The average molecular weight is 431 g/mol. The Balaban J connectivity index is 1.50. The van der Waals surface area contributed by atoms with Crippen LogP contribution in [0.3, 0.4) is 0 Å². The van der Waals surface area contributed by atoms with Crippen LogP contribution in [-0.4, -0.2) is 49.9 Å². The summed E-state index contributed by atoms with van der Waals surface area (Å²) in [6.45, 7) is 9.59. The maximum Gasteiger partial charge on any atom is 0.269 e. The van der Waals surface area contributed by atoms with Crippen molar-refractivity contribution in [2.45, 2.75) is 45.9 Å². The average Bonchev–Trinajstić information content (AvgIpc) is 3.00. The highest BCUT2D eigenvalue weighted by atomic mass is 35.5. The van der Waals surface area contributed by atoms with Crippen molar-refractivity contribution >= 4 is 17.3 Å². The molecular formula is C20H23ClN6O3. The number of nitrogens with zero attached hydrogens (tertiary/aromatic N) is 6. The monoisotopic (exact) mass is 430 g/mol. The zero-order valence-electron chi connectivity index (χ0n) is 17.3. The van der Waals surface area contributed by atoms with Crippen LogP contribution < -0.4 is 10.5 Å². The van der Waals surface area contributed by atoms with E-state index >= 15 is 0 Å². The van der Waals surface area contributed by atoms with E-state index in [4.69, 9.17) is 20.9 Å². The molecule has 1 saturated heterocycles. The number of ether oxygens (including phenoxy) is 1. The Bertz CT molecular complexity index is 1100. The standard InChI is InChI=1S/C20H23ClN6O3/c1-12-15(19(25-30-12)16-5-6-17(21)24-23-16)11-27-18(28)7-13(8-22-27)26-9-14(10-26)29-20(2,3)4/h5-8,14H,9-11H2,1-4H3. The minimum Gasteiger partial charge on any atom is -0.369 e. The summed E-state index contributed by atoms with van der Waals surface area (Å²) in [6.07, 6.45) is 1.86. The maximum absolute atomic E-state index is 12.7. The van der Waals surface area contributed by atoms with Crippen LogP contribution >= 0.6 is 11.6 Å². The molecule has 0 aromatic carbocycles. The summed E-state index contributed by atoms with van der Waals surface area (Å²) in [6, 6.07) is 4.92. The van der Waals surface area contributed by atoms with Crippen LogP contribution in [0.2, 0.25) is 5.15 Å². The van der Waals surface area contributed by atoms with E-state index in [1.54, 1.807) is 31.3 Å². The van der Waals surface area contributed by atoms with Gasteiger partial charge < -0.3 is 14.2 Å². The zero-order chi connectivity index (χ0) is 21.5. The van der Waals surface area contributed by atoms with E-state index in [9.17, 15) is 4.79 Å². The predicted molar refractivity (Wildman–Crippen MR) is 112 cm³/mol. The SMILES string of the molecule is Cc1onc(-c2ccc(Cl)nn2)c1Cn1ncc(N2CC(OC(C)(C)C)C2)cc1=O. The highest BCUT2D eigenvalue weighted by Gasteiger charge is 2.31. The molecule has 3 aromatic heterocycles. The molecule has 4 rings (SSSR count). The van der Waals surface area contributed by atoms with E-state index in [1.165, 1.54) is 4.68 Å². The summed E-state index contributed by atoms with van der Waals surface area (Å²) >= 11 is 5.81. The van der Waals surface area contributed by atoms with Crippen molar-refractivity contribution in [3.63, 3.8) is 0 Å². The second-order valence-electron chi connectivity index (χ2n) is 8.27. The molecule has 1 fully saturated rings. The van der Waals surface area contributed by atoms with Gasteiger partial charge in [0.05, 0.1) is 30.1 Å². The number of rotatable bonds is 5. The summed E-state index contributed by atoms with van der Waals surface area (Å²) in [4.78, 5) is 14.7. The Morgan fingerprint density at radius 2 is 2.03 bits per heavy atom. The lowest BCUT2D eigenvalue weighted by atomic mass is 10.1. The molecule has 0 radical (unpaired) electrons. The van der Waals surface area contributed by atoms with Gasteiger partial charge in [-0.2, -0.15) is 5.10 Å². The molecule has 0 bridgehead atoms. The lowest BCUT2D eigenvalue weighted by molar-refractivity contribution is -0.0701. The van der Waals surface area contributed by atoms with Gasteiger partial charge in [0.15, 0.2) is 5.15 Å². The Morgan fingerprint density at radius 3 is 2.67 bits per heavy atom. The number of aromatic nitrogens is 5. The Labute approximate surface area is 178 Å². The zero-order valence-corrected chi connectivity index (χ0v) is 18.0. The van der Waals surface area contributed by atoms with Gasteiger partial charge in [-0.25, -0.2) is 4.68 Å². The molecule has 0 amide bonds. The lowest BCUT2D eigenvalue weighted by Crippen LogP contribution is -2.54. The fourth-order valence-corrected chi connectivity index (χ4v) is 3.41. The minimum absolute atomic E-state index is 0.162. The second-order valence-corrected chi connectivity index (χ2v) is 8.66. The molecule has 0 unspecified atom stereocenters. The van der Waals surface area contributed by atoms with E-state index < -0.39 is 0 Å². The van der Waals surface area contributed by atoms with Crippen molar-refractivity contribution in [2.75, 3.05) is 18.0 Å². The molecule has 1 aliphatic rings. The van der Waals surface area contributed by atoms with Gasteiger partial charge in [0.2, 0.25) is 0 Å². The summed E-state index contributed by atoms with van der Waals surface area (Å²) in [5.74, 6) is 0.587.